The molecular formula is C12H15FN2O. The fourth-order valence-corrected chi connectivity index (χ4v) is 1.90. The Labute approximate surface area is 93.3 Å². The van der Waals surface area contributed by atoms with Gasteiger partial charge < -0.3 is 10.9 Å². The van der Waals surface area contributed by atoms with E-state index in [9.17, 15) is 9.50 Å². The molecule has 4 heteroatoms. The largest absolute Gasteiger partial charge is 0.390 e. The molecule has 0 aliphatic heterocycles. The van der Waals surface area contributed by atoms with E-state index >= 15 is 0 Å². The average Bonchev–Trinajstić information content (AvgIpc) is 2.40. The lowest BCUT2D eigenvalue weighted by atomic mass is 9.98. The van der Waals surface area contributed by atoms with Crippen molar-refractivity contribution >= 4 is 10.9 Å². The molecule has 0 bridgehead atoms. The molecule has 0 radical (unpaired) electrons. The van der Waals surface area contributed by atoms with Crippen LogP contribution in [0.25, 0.3) is 10.9 Å². The van der Waals surface area contributed by atoms with E-state index in [1.807, 2.05) is 0 Å². The van der Waals surface area contributed by atoms with Crippen LogP contribution >= 0.6 is 0 Å². The van der Waals surface area contributed by atoms with Crippen molar-refractivity contribution in [3.05, 3.63) is 35.8 Å². The van der Waals surface area contributed by atoms with E-state index in [1.165, 1.54) is 16.8 Å². The smallest absolute Gasteiger partial charge is 0.123 e. The number of halogens is 1. The molecule has 0 saturated heterocycles. The van der Waals surface area contributed by atoms with E-state index in [-0.39, 0.29) is 5.82 Å². The summed E-state index contributed by atoms with van der Waals surface area (Å²) in [7, 11) is 0. The summed E-state index contributed by atoms with van der Waals surface area (Å²) < 4.78 is 14.6. The summed E-state index contributed by atoms with van der Waals surface area (Å²) in [5.74, 6) is 5.46. The van der Waals surface area contributed by atoms with Crippen molar-refractivity contribution in [2.45, 2.75) is 25.9 Å². The fraction of sp³-hybridized carbons (Fsp3) is 0.333. The highest BCUT2D eigenvalue weighted by Gasteiger charge is 2.17. The summed E-state index contributed by atoms with van der Waals surface area (Å²) in [6.07, 6.45) is 2.17. The van der Waals surface area contributed by atoms with Gasteiger partial charge in [-0.1, -0.05) is 0 Å². The third-order valence-corrected chi connectivity index (χ3v) is 2.50. The molecule has 2 rings (SSSR count). The molecule has 0 fully saturated rings. The van der Waals surface area contributed by atoms with Crippen LogP contribution in [0.15, 0.2) is 24.4 Å². The second kappa shape index (κ2) is 3.49. The van der Waals surface area contributed by atoms with Gasteiger partial charge in [-0.2, -0.15) is 0 Å². The molecule has 0 amide bonds. The van der Waals surface area contributed by atoms with Crippen molar-refractivity contribution in [2.24, 2.45) is 0 Å². The second-order valence-electron chi connectivity index (χ2n) is 4.71. The lowest BCUT2D eigenvalue weighted by Gasteiger charge is -2.15. The topological polar surface area (TPSA) is 51.2 Å². The quantitative estimate of drug-likeness (QED) is 0.761. The first-order valence-electron chi connectivity index (χ1n) is 5.14. The van der Waals surface area contributed by atoms with E-state index in [4.69, 9.17) is 5.84 Å². The van der Waals surface area contributed by atoms with Crippen LogP contribution < -0.4 is 5.84 Å². The summed E-state index contributed by atoms with van der Waals surface area (Å²) in [6.45, 7) is 3.43. The van der Waals surface area contributed by atoms with Crippen molar-refractivity contribution in [2.75, 3.05) is 5.84 Å². The molecule has 0 saturated carbocycles. The maximum Gasteiger partial charge on any atom is 0.123 e. The van der Waals surface area contributed by atoms with Gasteiger partial charge in [-0.05, 0) is 37.6 Å². The SMILES string of the molecule is CC(C)(O)Cc1cn(N)c2ccc(F)cc12. The standard InChI is InChI=1S/C12H15FN2O/c1-12(2,16)6-8-7-15(14)11-4-3-9(13)5-10(8)11/h3-5,7,16H,6,14H2,1-2H3. The molecule has 1 heterocycles. The van der Waals surface area contributed by atoms with Crippen molar-refractivity contribution in [1.82, 2.24) is 4.68 Å². The summed E-state index contributed by atoms with van der Waals surface area (Å²) in [5, 5.41) is 10.5. The number of hydrogen-bond acceptors (Lipinski definition) is 2. The maximum atomic E-state index is 13.1. The van der Waals surface area contributed by atoms with E-state index < -0.39 is 5.60 Å². The van der Waals surface area contributed by atoms with Crippen LogP contribution in [0.2, 0.25) is 0 Å². The first kappa shape index (κ1) is 11.0. The number of benzene rings is 1. The Morgan fingerprint density at radius 3 is 2.75 bits per heavy atom. The number of aliphatic hydroxyl groups is 1. The monoisotopic (exact) mass is 222 g/mol. The minimum absolute atomic E-state index is 0.296. The molecule has 0 aliphatic carbocycles. The predicted octanol–water partition coefficient (Wildman–Crippen LogP) is 1.81. The van der Waals surface area contributed by atoms with Gasteiger partial charge >= 0.3 is 0 Å². The van der Waals surface area contributed by atoms with Gasteiger partial charge in [0.05, 0.1) is 11.1 Å². The van der Waals surface area contributed by atoms with Crippen LogP contribution in [-0.4, -0.2) is 15.4 Å². The summed E-state index contributed by atoms with van der Waals surface area (Å²) in [4.78, 5) is 0. The summed E-state index contributed by atoms with van der Waals surface area (Å²) in [5.41, 5.74) is 0.783. The van der Waals surface area contributed by atoms with Gasteiger partial charge in [-0.25, -0.2) is 4.39 Å². The highest BCUT2D eigenvalue weighted by molar-refractivity contribution is 5.84. The number of hydrogen-bond donors (Lipinski definition) is 2. The highest BCUT2D eigenvalue weighted by Crippen LogP contribution is 2.24. The van der Waals surface area contributed by atoms with Gasteiger partial charge in [0.2, 0.25) is 0 Å². The van der Waals surface area contributed by atoms with Gasteiger partial charge in [0.15, 0.2) is 0 Å². The number of aromatic nitrogens is 1. The number of fused-ring (bicyclic) bond motifs is 1. The van der Waals surface area contributed by atoms with Crippen molar-refractivity contribution in [3.63, 3.8) is 0 Å². The van der Waals surface area contributed by atoms with Crippen LogP contribution in [0.3, 0.4) is 0 Å². The molecule has 0 aliphatic rings. The van der Waals surface area contributed by atoms with E-state index in [1.54, 1.807) is 26.1 Å². The zero-order valence-corrected chi connectivity index (χ0v) is 9.37. The Hall–Kier alpha value is -1.55. The average molecular weight is 222 g/mol. The summed E-state index contributed by atoms with van der Waals surface area (Å²) in [6, 6.07) is 4.46. The second-order valence-corrected chi connectivity index (χ2v) is 4.71. The van der Waals surface area contributed by atoms with Crippen LogP contribution in [0, 0.1) is 5.82 Å². The van der Waals surface area contributed by atoms with Crippen LogP contribution in [0.4, 0.5) is 4.39 Å². The first-order chi connectivity index (χ1) is 7.37. The molecule has 16 heavy (non-hydrogen) atoms. The summed E-state index contributed by atoms with van der Waals surface area (Å²) >= 11 is 0. The van der Waals surface area contributed by atoms with Gasteiger partial charge in [-0.15, -0.1) is 0 Å². The third kappa shape index (κ3) is 2.02. The predicted molar refractivity (Wildman–Crippen MR) is 62.0 cm³/mol. The Bertz CT molecular complexity index is 526. The van der Waals surface area contributed by atoms with Gasteiger partial charge in [-0.3, -0.25) is 4.68 Å². The normalized spacial score (nSPS) is 12.2. The van der Waals surface area contributed by atoms with Gasteiger partial charge in [0, 0.05) is 18.0 Å². The van der Waals surface area contributed by atoms with Gasteiger partial charge in [0.25, 0.3) is 0 Å². The van der Waals surface area contributed by atoms with E-state index in [2.05, 4.69) is 0 Å². The van der Waals surface area contributed by atoms with Crippen LogP contribution in [-0.2, 0) is 6.42 Å². The maximum absolute atomic E-state index is 13.1. The molecule has 1 aromatic heterocycles. The minimum Gasteiger partial charge on any atom is -0.390 e. The van der Waals surface area contributed by atoms with Crippen molar-refractivity contribution in [3.8, 4) is 0 Å². The number of nitrogens with zero attached hydrogens (tertiary/aromatic N) is 1. The number of nitrogen functional groups attached to an aromatic ring is 1. The number of nitrogens with two attached hydrogens (primary N) is 1. The minimum atomic E-state index is -0.833. The van der Waals surface area contributed by atoms with Crippen LogP contribution in [0.5, 0.6) is 0 Å². The molecular weight excluding hydrogens is 207 g/mol. The zero-order valence-electron chi connectivity index (χ0n) is 9.37. The Kier molecular flexibility index (Phi) is 2.39. The Morgan fingerprint density at radius 2 is 2.12 bits per heavy atom. The molecule has 86 valence electrons. The molecule has 0 spiro atoms. The lowest BCUT2D eigenvalue weighted by molar-refractivity contribution is 0.0813. The highest BCUT2D eigenvalue weighted by atomic mass is 19.1. The molecule has 0 atom stereocenters. The van der Waals surface area contributed by atoms with E-state index in [0.29, 0.717) is 6.42 Å². The zero-order chi connectivity index (χ0) is 11.9. The molecule has 3 N–H and O–H groups in total. The molecule has 1 aromatic carbocycles. The third-order valence-electron chi connectivity index (χ3n) is 2.50. The first-order valence-corrected chi connectivity index (χ1v) is 5.14. The fourth-order valence-electron chi connectivity index (χ4n) is 1.90. The number of rotatable bonds is 2. The van der Waals surface area contributed by atoms with Crippen molar-refractivity contribution in [1.29, 1.82) is 0 Å². The molecule has 3 nitrogen and oxygen atoms in total. The van der Waals surface area contributed by atoms with Crippen LogP contribution in [0.1, 0.15) is 19.4 Å². The molecule has 2 aromatic rings. The Balaban J connectivity index is 2.57. The molecule has 0 unspecified atom stereocenters. The van der Waals surface area contributed by atoms with Crippen molar-refractivity contribution < 1.29 is 9.50 Å². The lowest BCUT2D eigenvalue weighted by Crippen LogP contribution is -2.21. The van der Waals surface area contributed by atoms with Gasteiger partial charge in [0.1, 0.15) is 5.82 Å². The van der Waals surface area contributed by atoms with E-state index in [0.717, 1.165) is 16.5 Å². The Morgan fingerprint density at radius 1 is 1.44 bits per heavy atom.